The van der Waals surface area contributed by atoms with Gasteiger partial charge in [-0.05, 0) is 42.5 Å². The molecule has 2 aromatic rings. The molecule has 0 aromatic heterocycles. The largest absolute Gasteiger partial charge is 0.385 e. The van der Waals surface area contributed by atoms with E-state index in [-0.39, 0.29) is 11.8 Å². The van der Waals surface area contributed by atoms with Crippen LogP contribution in [0.4, 0.5) is 0 Å². The van der Waals surface area contributed by atoms with Crippen molar-refractivity contribution in [2.75, 3.05) is 46.4 Å². The second-order valence-corrected chi connectivity index (χ2v) is 8.88. The molecule has 0 unspecified atom stereocenters. The molecule has 4 rings (SSSR count). The predicted molar refractivity (Wildman–Crippen MR) is 129 cm³/mol. The van der Waals surface area contributed by atoms with E-state index in [0.717, 1.165) is 43.9 Å². The van der Waals surface area contributed by atoms with Gasteiger partial charge in [-0.25, -0.2) is 0 Å². The highest BCUT2D eigenvalue weighted by Crippen LogP contribution is 2.33. The quantitative estimate of drug-likeness (QED) is 0.459. The van der Waals surface area contributed by atoms with Crippen molar-refractivity contribution in [1.82, 2.24) is 14.7 Å². The van der Waals surface area contributed by atoms with Gasteiger partial charge in [0.15, 0.2) is 0 Å². The zero-order valence-corrected chi connectivity index (χ0v) is 19.8. The summed E-state index contributed by atoms with van der Waals surface area (Å²) in [5.74, 6) is -0.373. The Morgan fingerprint density at radius 3 is 2.27 bits per heavy atom. The van der Waals surface area contributed by atoms with Crippen LogP contribution in [-0.4, -0.2) is 73.0 Å². The molecule has 0 bridgehead atoms. The summed E-state index contributed by atoms with van der Waals surface area (Å²) in [5, 5.41) is 0. The third kappa shape index (κ3) is 5.02. The lowest BCUT2D eigenvalue weighted by Crippen LogP contribution is -2.47. The molecule has 6 heteroatoms. The van der Waals surface area contributed by atoms with Gasteiger partial charge in [-0.1, -0.05) is 48.5 Å². The van der Waals surface area contributed by atoms with Crippen molar-refractivity contribution in [2.45, 2.75) is 26.8 Å². The lowest BCUT2D eigenvalue weighted by molar-refractivity contribution is -0.137. The van der Waals surface area contributed by atoms with Crippen LogP contribution in [0.2, 0.25) is 0 Å². The van der Waals surface area contributed by atoms with Crippen molar-refractivity contribution in [1.29, 1.82) is 0 Å². The maximum absolute atomic E-state index is 13.5. The molecule has 6 nitrogen and oxygen atoms in total. The minimum Gasteiger partial charge on any atom is -0.385 e. The minimum absolute atomic E-state index is 0.180. The van der Waals surface area contributed by atoms with E-state index in [2.05, 4.69) is 41.0 Å². The van der Waals surface area contributed by atoms with Crippen LogP contribution in [0.1, 0.15) is 28.7 Å². The Bertz CT molecular complexity index is 1040. The molecule has 2 amide bonds. The van der Waals surface area contributed by atoms with Crippen LogP contribution >= 0.6 is 0 Å². The average molecular weight is 448 g/mol. The zero-order valence-electron chi connectivity index (χ0n) is 19.8. The van der Waals surface area contributed by atoms with Crippen LogP contribution in [-0.2, 0) is 20.9 Å². The van der Waals surface area contributed by atoms with E-state index in [4.69, 9.17) is 4.74 Å². The lowest BCUT2D eigenvalue weighted by Gasteiger charge is -2.36. The Hall–Kier alpha value is -2.96. The molecular formula is C27H33N3O3. The van der Waals surface area contributed by atoms with Gasteiger partial charge >= 0.3 is 0 Å². The normalized spacial score (nSPS) is 17.4. The number of hydrogen-bond acceptors (Lipinski definition) is 5. The first-order valence-electron chi connectivity index (χ1n) is 11.7. The number of carbonyl (C=O) groups is 2. The molecule has 0 atom stereocenters. The van der Waals surface area contributed by atoms with Crippen molar-refractivity contribution in [2.24, 2.45) is 0 Å². The Balaban J connectivity index is 1.57. The molecule has 0 spiro atoms. The molecule has 174 valence electrons. The number of carbonyl (C=O) groups excluding carboxylic acids is 2. The Morgan fingerprint density at radius 1 is 0.879 bits per heavy atom. The molecule has 1 fully saturated rings. The predicted octanol–water partition coefficient (Wildman–Crippen LogP) is 3.24. The lowest BCUT2D eigenvalue weighted by atomic mass is 9.99. The first kappa shape index (κ1) is 23.2. The van der Waals surface area contributed by atoms with Gasteiger partial charge in [0, 0.05) is 53.0 Å². The molecule has 33 heavy (non-hydrogen) atoms. The number of amides is 2. The van der Waals surface area contributed by atoms with Crippen LogP contribution in [0, 0.1) is 13.8 Å². The fourth-order valence-electron chi connectivity index (χ4n) is 4.56. The van der Waals surface area contributed by atoms with E-state index in [1.54, 1.807) is 7.11 Å². The number of hydrogen-bond donors (Lipinski definition) is 0. The van der Waals surface area contributed by atoms with Crippen LogP contribution in [0.25, 0.3) is 5.57 Å². The van der Waals surface area contributed by atoms with Gasteiger partial charge in [0.05, 0.1) is 5.57 Å². The SMILES string of the molecule is COCCCN1C(=O)C(c2ccc(C)c(C)c2)=C(N2CCN(Cc3ccccc3)CC2)C1=O. The molecule has 0 saturated carbocycles. The minimum atomic E-state index is -0.193. The average Bonchev–Trinajstić information content (AvgIpc) is 3.07. The summed E-state index contributed by atoms with van der Waals surface area (Å²) in [6.07, 6.45) is 0.631. The van der Waals surface area contributed by atoms with E-state index in [9.17, 15) is 9.59 Å². The van der Waals surface area contributed by atoms with Gasteiger partial charge in [0.1, 0.15) is 5.70 Å². The van der Waals surface area contributed by atoms with Gasteiger partial charge in [0.25, 0.3) is 11.8 Å². The highest BCUT2D eigenvalue weighted by molar-refractivity contribution is 6.35. The Labute approximate surface area is 196 Å². The summed E-state index contributed by atoms with van der Waals surface area (Å²) in [5.41, 5.74) is 5.50. The Morgan fingerprint density at radius 2 is 1.61 bits per heavy atom. The topological polar surface area (TPSA) is 53.1 Å². The van der Waals surface area contributed by atoms with Crippen molar-refractivity contribution in [3.63, 3.8) is 0 Å². The molecular weight excluding hydrogens is 414 g/mol. The monoisotopic (exact) mass is 447 g/mol. The van der Waals surface area contributed by atoms with Gasteiger partial charge < -0.3 is 9.64 Å². The number of piperazine rings is 1. The fourth-order valence-corrected chi connectivity index (χ4v) is 4.56. The summed E-state index contributed by atoms with van der Waals surface area (Å²) in [6, 6.07) is 16.5. The summed E-state index contributed by atoms with van der Waals surface area (Å²) in [4.78, 5) is 32.8. The third-order valence-electron chi connectivity index (χ3n) is 6.61. The molecule has 2 heterocycles. The summed E-state index contributed by atoms with van der Waals surface area (Å²) >= 11 is 0. The number of benzene rings is 2. The first-order chi connectivity index (χ1) is 16.0. The first-order valence-corrected chi connectivity index (χ1v) is 11.7. The zero-order chi connectivity index (χ0) is 23.4. The van der Waals surface area contributed by atoms with E-state index < -0.39 is 0 Å². The number of rotatable bonds is 8. The standard InChI is InChI=1S/C27H33N3O3/c1-20-10-11-23(18-21(20)2)24-25(27(32)30(26(24)31)12-7-17-33-3)29-15-13-28(14-16-29)19-22-8-5-4-6-9-22/h4-6,8-11,18H,7,12-17,19H2,1-3H3. The highest BCUT2D eigenvalue weighted by atomic mass is 16.5. The van der Waals surface area contributed by atoms with Gasteiger partial charge in [-0.3, -0.25) is 19.4 Å². The van der Waals surface area contributed by atoms with E-state index in [0.29, 0.717) is 30.8 Å². The second kappa shape index (κ2) is 10.3. The second-order valence-electron chi connectivity index (χ2n) is 8.88. The third-order valence-corrected chi connectivity index (χ3v) is 6.61. The van der Waals surface area contributed by atoms with Crippen LogP contribution in [0.5, 0.6) is 0 Å². The maximum atomic E-state index is 13.5. The van der Waals surface area contributed by atoms with Gasteiger partial charge in [0.2, 0.25) is 0 Å². The van der Waals surface area contributed by atoms with E-state index >= 15 is 0 Å². The van der Waals surface area contributed by atoms with Gasteiger partial charge in [-0.15, -0.1) is 0 Å². The maximum Gasteiger partial charge on any atom is 0.277 e. The van der Waals surface area contributed by atoms with Crippen molar-refractivity contribution < 1.29 is 14.3 Å². The van der Waals surface area contributed by atoms with Gasteiger partial charge in [-0.2, -0.15) is 0 Å². The van der Waals surface area contributed by atoms with E-state index in [1.165, 1.54) is 16.0 Å². The summed E-state index contributed by atoms with van der Waals surface area (Å²) in [7, 11) is 1.63. The molecule has 0 N–H and O–H groups in total. The molecule has 0 radical (unpaired) electrons. The molecule has 1 saturated heterocycles. The molecule has 2 aromatic carbocycles. The highest BCUT2D eigenvalue weighted by Gasteiger charge is 2.41. The fraction of sp³-hybridized carbons (Fsp3) is 0.407. The number of nitrogens with zero attached hydrogens (tertiary/aromatic N) is 3. The molecule has 0 aliphatic carbocycles. The van der Waals surface area contributed by atoms with Crippen LogP contribution in [0.15, 0.2) is 54.2 Å². The number of ether oxygens (including phenoxy) is 1. The number of methoxy groups -OCH3 is 1. The van der Waals surface area contributed by atoms with Crippen LogP contribution in [0.3, 0.4) is 0 Å². The molecule has 2 aliphatic rings. The smallest absolute Gasteiger partial charge is 0.277 e. The van der Waals surface area contributed by atoms with Crippen molar-refractivity contribution >= 4 is 17.4 Å². The van der Waals surface area contributed by atoms with Crippen molar-refractivity contribution in [3.05, 3.63) is 76.5 Å². The van der Waals surface area contributed by atoms with Crippen LogP contribution < -0.4 is 0 Å². The summed E-state index contributed by atoms with van der Waals surface area (Å²) < 4.78 is 5.14. The number of aryl methyl sites for hydroxylation is 2. The molecule has 2 aliphatic heterocycles. The number of imide groups is 1. The van der Waals surface area contributed by atoms with Crippen molar-refractivity contribution in [3.8, 4) is 0 Å². The summed E-state index contributed by atoms with van der Waals surface area (Å²) in [6.45, 7) is 9.03. The van der Waals surface area contributed by atoms with E-state index in [1.807, 2.05) is 31.2 Å². The Kier molecular flexibility index (Phi) is 7.26.